The van der Waals surface area contributed by atoms with Gasteiger partial charge in [-0.25, -0.2) is 0 Å². The number of aliphatic hydroxyl groups excluding tert-OH is 1. The van der Waals surface area contributed by atoms with E-state index in [9.17, 15) is 5.11 Å². The summed E-state index contributed by atoms with van der Waals surface area (Å²) in [4.78, 5) is 0. The van der Waals surface area contributed by atoms with Gasteiger partial charge in [0.2, 0.25) is 6.79 Å². The summed E-state index contributed by atoms with van der Waals surface area (Å²) in [7, 11) is 0. The fourth-order valence-corrected chi connectivity index (χ4v) is 2.40. The minimum Gasteiger partial charge on any atom is -0.454 e. The third-order valence-corrected chi connectivity index (χ3v) is 3.78. The van der Waals surface area contributed by atoms with Gasteiger partial charge in [-0.15, -0.1) is 0 Å². The first kappa shape index (κ1) is 12.8. The summed E-state index contributed by atoms with van der Waals surface area (Å²) in [6.07, 6.45) is 4.88. The van der Waals surface area contributed by atoms with Crippen LogP contribution in [0.1, 0.15) is 37.4 Å². The summed E-state index contributed by atoms with van der Waals surface area (Å²) in [5, 5.41) is 13.4. The van der Waals surface area contributed by atoms with Gasteiger partial charge in [0.1, 0.15) is 0 Å². The van der Waals surface area contributed by atoms with Crippen molar-refractivity contribution in [1.82, 2.24) is 5.32 Å². The lowest BCUT2D eigenvalue weighted by molar-refractivity contribution is 0.170. The maximum Gasteiger partial charge on any atom is 0.231 e. The average molecular weight is 263 g/mol. The van der Waals surface area contributed by atoms with Crippen LogP contribution in [-0.4, -0.2) is 25.0 Å². The van der Waals surface area contributed by atoms with Gasteiger partial charge in [0.25, 0.3) is 0 Å². The summed E-state index contributed by atoms with van der Waals surface area (Å²) in [6, 6.07) is 5.61. The molecule has 1 saturated carbocycles. The highest BCUT2D eigenvalue weighted by Crippen LogP contribution is 2.34. The van der Waals surface area contributed by atoms with Gasteiger partial charge >= 0.3 is 0 Å². The van der Waals surface area contributed by atoms with Crippen LogP contribution in [0, 0.1) is 5.92 Å². The summed E-state index contributed by atoms with van der Waals surface area (Å²) in [5.74, 6) is 2.47. The second kappa shape index (κ2) is 5.80. The van der Waals surface area contributed by atoms with Crippen molar-refractivity contribution in [3.05, 3.63) is 23.8 Å². The summed E-state index contributed by atoms with van der Waals surface area (Å²) < 4.78 is 10.6. The Bertz CT molecular complexity index is 431. The van der Waals surface area contributed by atoms with Gasteiger partial charge in [-0.05, 0) is 43.0 Å². The molecule has 1 fully saturated rings. The molecule has 1 aromatic rings. The van der Waals surface area contributed by atoms with Crippen LogP contribution >= 0.6 is 0 Å². The molecular formula is C15H21NO3. The molecule has 3 rings (SSSR count). The summed E-state index contributed by atoms with van der Waals surface area (Å²) >= 11 is 0. The fraction of sp³-hybridized carbons (Fsp3) is 0.600. The predicted octanol–water partition coefficient (Wildman–Crippen LogP) is 2.23. The van der Waals surface area contributed by atoms with Crippen molar-refractivity contribution in [2.24, 2.45) is 5.92 Å². The van der Waals surface area contributed by atoms with Crippen LogP contribution in [0.2, 0.25) is 0 Å². The maximum absolute atomic E-state index is 10.1. The van der Waals surface area contributed by atoms with Crippen molar-refractivity contribution < 1.29 is 14.6 Å². The zero-order valence-corrected chi connectivity index (χ0v) is 11.1. The first-order valence-electron chi connectivity index (χ1n) is 7.11. The highest BCUT2D eigenvalue weighted by Gasteiger charge is 2.20. The number of nitrogens with one attached hydrogen (secondary N) is 1. The van der Waals surface area contributed by atoms with Crippen molar-refractivity contribution in [3.63, 3.8) is 0 Å². The van der Waals surface area contributed by atoms with E-state index in [0.29, 0.717) is 6.54 Å². The largest absolute Gasteiger partial charge is 0.454 e. The SMILES string of the molecule is OC(CNCCCC1CC1)c1ccc2c(c1)OCO2. The smallest absolute Gasteiger partial charge is 0.231 e. The second-order valence-corrected chi connectivity index (χ2v) is 5.42. The molecule has 1 aromatic carbocycles. The highest BCUT2D eigenvalue weighted by atomic mass is 16.7. The Morgan fingerprint density at radius 2 is 2.11 bits per heavy atom. The molecule has 4 nitrogen and oxygen atoms in total. The van der Waals surface area contributed by atoms with Crippen molar-refractivity contribution in [2.75, 3.05) is 19.9 Å². The van der Waals surface area contributed by atoms with E-state index in [4.69, 9.17) is 9.47 Å². The lowest BCUT2D eigenvalue weighted by Gasteiger charge is -2.12. The quantitative estimate of drug-likeness (QED) is 0.741. The Morgan fingerprint density at radius 1 is 1.26 bits per heavy atom. The van der Waals surface area contributed by atoms with E-state index in [0.717, 1.165) is 29.5 Å². The number of ether oxygens (including phenoxy) is 2. The van der Waals surface area contributed by atoms with Gasteiger partial charge in [0.15, 0.2) is 11.5 Å². The topological polar surface area (TPSA) is 50.7 Å². The zero-order valence-electron chi connectivity index (χ0n) is 11.1. The van der Waals surface area contributed by atoms with E-state index < -0.39 is 6.10 Å². The minimum absolute atomic E-state index is 0.272. The number of hydrogen-bond acceptors (Lipinski definition) is 4. The van der Waals surface area contributed by atoms with Crippen LogP contribution < -0.4 is 14.8 Å². The molecule has 0 aromatic heterocycles. The Morgan fingerprint density at radius 3 is 2.95 bits per heavy atom. The summed E-state index contributed by atoms with van der Waals surface area (Å²) in [6.45, 7) is 1.84. The van der Waals surface area contributed by atoms with Crippen LogP contribution in [0.4, 0.5) is 0 Å². The van der Waals surface area contributed by atoms with Gasteiger partial charge in [0.05, 0.1) is 6.10 Å². The molecule has 19 heavy (non-hydrogen) atoms. The normalized spacial score (nSPS) is 18.6. The molecule has 0 radical (unpaired) electrons. The Kier molecular flexibility index (Phi) is 3.89. The number of fused-ring (bicyclic) bond motifs is 1. The van der Waals surface area contributed by atoms with Crippen LogP contribution in [0.5, 0.6) is 11.5 Å². The van der Waals surface area contributed by atoms with Crippen molar-refractivity contribution in [2.45, 2.75) is 31.8 Å². The van der Waals surface area contributed by atoms with Gasteiger partial charge in [-0.3, -0.25) is 0 Å². The van der Waals surface area contributed by atoms with Crippen LogP contribution in [-0.2, 0) is 0 Å². The molecule has 1 unspecified atom stereocenters. The minimum atomic E-state index is -0.490. The van der Waals surface area contributed by atoms with Gasteiger partial charge in [-0.1, -0.05) is 18.9 Å². The maximum atomic E-state index is 10.1. The molecule has 0 spiro atoms. The molecule has 0 saturated heterocycles. The molecule has 0 bridgehead atoms. The Balaban J connectivity index is 1.42. The molecule has 1 atom stereocenters. The molecule has 1 heterocycles. The first-order chi connectivity index (χ1) is 9.33. The fourth-order valence-electron chi connectivity index (χ4n) is 2.40. The zero-order chi connectivity index (χ0) is 13.1. The van der Waals surface area contributed by atoms with Gasteiger partial charge in [0, 0.05) is 6.54 Å². The molecule has 1 aliphatic heterocycles. The molecule has 4 heteroatoms. The molecular weight excluding hydrogens is 242 g/mol. The van der Waals surface area contributed by atoms with E-state index >= 15 is 0 Å². The predicted molar refractivity (Wildman–Crippen MR) is 72.4 cm³/mol. The standard InChI is InChI=1S/C15H21NO3/c17-13(9-16-7-1-2-11-3-4-11)12-5-6-14-15(8-12)19-10-18-14/h5-6,8,11,13,16-17H,1-4,7,9-10H2. The van der Waals surface area contributed by atoms with E-state index in [1.807, 2.05) is 18.2 Å². The number of rotatable bonds is 7. The Labute approximate surface area is 113 Å². The Hall–Kier alpha value is -1.26. The number of aliphatic hydroxyl groups is 1. The first-order valence-corrected chi connectivity index (χ1v) is 7.11. The van der Waals surface area contributed by atoms with Crippen LogP contribution in [0.25, 0.3) is 0 Å². The van der Waals surface area contributed by atoms with Crippen molar-refractivity contribution in [1.29, 1.82) is 0 Å². The van der Waals surface area contributed by atoms with Crippen LogP contribution in [0.15, 0.2) is 18.2 Å². The molecule has 1 aliphatic carbocycles. The molecule has 2 aliphatic rings. The molecule has 104 valence electrons. The second-order valence-electron chi connectivity index (χ2n) is 5.42. The lowest BCUT2D eigenvalue weighted by atomic mass is 10.1. The molecule has 2 N–H and O–H groups in total. The van der Waals surface area contributed by atoms with Crippen molar-refractivity contribution >= 4 is 0 Å². The summed E-state index contributed by atoms with van der Waals surface area (Å²) in [5.41, 5.74) is 0.874. The van der Waals surface area contributed by atoms with E-state index in [1.54, 1.807) is 0 Å². The van der Waals surface area contributed by atoms with E-state index in [2.05, 4.69) is 5.32 Å². The monoisotopic (exact) mass is 263 g/mol. The van der Waals surface area contributed by atoms with E-state index in [-0.39, 0.29) is 6.79 Å². The van der Waals surface area contributed by atoms with Gasteiger partial charge in [-0.2, -0.15) is 0 Å². The highest BCUT2D eigenvalue weighted by molar-refractivity contribution is 5.45. The average Bonchev–Trinajstić information content (AvgIpc) is 3.13. The molecule has 0 amide bonds. The van der Waals surface area contributed by atoms with Crippen LogP contribution in [0.3, 0.4) is 0 Å². The number of benzene rings is 1. The number of hydrogen-bond donors (Lipinski definition) is 2. The van der Waals surface area contributed by atoms with Gasteiger partial charge < -0.3 is 19.9 Å². The van der Waals surface area contributed by atoms with E-state index in [1.165, 1.54) is 25.7 Å². The third-order valence-electron chi connectivity index (χ3n) is 3.78. The third kappa shape index (κ3) is 3.39. The lowest BCUT2D eigenvalue weighted by Crippen LogP contribution is -2.22. The van der Waals surface area contributed by atoms with Crippen molar-refractivity contribution in [3.8, 4) is 11.5 Å².